The lowest BCUT2D eigenvalue weighted by Gasteiger charge is -1.91. The summed E-state index contributed by atoms with van der Waals surface area (Å²) in [6.07, 6.45) is 12.3. The standard InChI is InChI=1S/C7H8.C6H3Cl2F.2C6H14.C3H8/c1-7-5-3-2-4-6-7;7-4-1-2-5(8)6(9)3-4;2*1-3-5-6-4-2;1-3-2/h2-6H,1H3;1-3H;2*3-6H2,1-2H3;3H2,1-2H3. The average molecular weight is 474 g/mol. The Balaban J connectivity index is -0.000000328. The molecule has 31 heavy (non-hydrogen) atoms. The second kappa shape index (κ2) is 28.9. The predicted molar refractivity (Wildman–Crippen MR) is 143 cm³/mol. The van der Waals surface area contributed by atoms with Crippen LogP contribution in [-0.4, -0.2) is 0 Å². The molecule has 0 saturated carbocycles. The van der Waals surface area contributed by atoms with Crippen LogP contribution in [0, 0.1) is 12.7 Å². The summed E-state index contributed by atoms with van der Waals surface area (Å²) in [5.41, 5.74) is 1.32. The van der Waals surface area contributed by atoms with Crippen molar-refractivity contribution in [3.63, 3.8) is 0 Å². The van der Waals surface area contributed by atoms with Gasteiger partial charge in [0.2, 0.25) is 0 Å². The smallest absolute Gasteiger partial charge is 0.143 e. The molecule has 0 bridgehead atoms. The topological polar surface area (TPSA) is 0 Å². The Hall–Kier alpha value is -1.05. The zero-order chi connectivity index (χ0) is 24.3. The Labute approximate surface area is 203 Å². The fraction of sp³-hybridized carbons (Fsp3) is 0.571. The number of halogens is 3. The van der Waals surface area contributed by atoms with Crippen LogP contribution >= 0.6 is 23.2 Å². The van der Waals surface area contributed by atoms with Gasteiger partial charge in [0.25, 0.3) is 0 Å². The first kappa shape index (κ1) is 34.6. The van der Waals surface area contributed by atoms with Crippen molar-refractivity contribution in [2.24, 2.45) is 0 Å². The van der Waals surface area contributed by atoms with E-state index < -0.39 is 5.82 Å². The molecular formula is C28H47Cl2F. The third kappa shape index (κ3) is 31.2. The van der Waals surface area contributed by atoms with Gasteiger partial charge in [0.05, 0.1) is 5.02 Å². The van der Waals surface area contributed by atoms with Gasteiger partial charge in [-0.15, -0.1) is 0 Å². The van der Waals surface area contributed by atoms with E-state index in [2.05, 4.69) is 60.6 Å². The van der Waals surface area contributed by atoms with Crippen molar-refractivity contribution in [3.05, 3.63) is 70.0 Å². The number of aryl methyl sites for hydroxylation is 1. The molecule has 0 unspecified atom stereocenters. The zero-order valence-electron chi connectivity index (χ0n) is 21.1. The predicted octanol–water partition coefficient (Wildman–Crippen LogP) is 11.7. The van der Waals surface area contributed by atoms with E-state index in [1.54, 1.807) is 0 Å². The Bertz CT molecular complexity index is 554. The van der Waals surface area contributed by atoms with Crippen molar-refractivity contribution in [1.82, 2.24) is 0 Å². The van der Waals surface area contributed by atoms with E-state index in [0.717, 1.165) is 0 Å². The normalized spacial score (nSPS) is 8.84. The van der Waals surface area contributed by atoms with Crippen molar-refractivity contribution >= 4 is 23.2 Å². The third-order valence-corrected chi connectivity index (χ3v) is 4.28. The van der Waals surface area contributed by atoms with E-state index in [9.17, 15) is 4.39 Å². The van der Waals surface area contributed by atoms with Gasteiger partial charge >= 0.3 is 0 Å². The Kier molecular flexibility index (Phi) is 32.3. The number of hydrogen-bond acceptors (Lipinski definition) is 0. The maximum Gasteiger partial charge on any atom is 0.143 e. The second-order valence-corrected chi connectivity index (χ2v) is 8.18. The first-order valence-corrected chi connectivity index (χ1v) is 12.7. The average Bonchev–Trinajstić information content (AvgIpc) is 2.76. The van der Waals surface area contributed by atoms with Crippen LogP contribution in [-0.2, 0) is 0 Å². The van der Waals surface area contributed by atoms with Gasteiger partial charge in [-0.3, -0.25) is 0 Å². The van der Waals surface area contributed by atoms with Crippen molar-refractivity contribution in [1.29, 1.82) is 0 Å². The van der Waals surface area contributed by atoms with Crippen molar-refractivity contribution in [2.45, 2.75) is 106 Å². The largest absolute Gasteiger partial charge is 0.205 e. The van der Waals surface area contributed by atoms with Crippen LogP contribution < -0.4 is 0 Å². The number of benzene rings is 2. The summed E-state index contributed by atoms with van der Waals surface area (Å²) in [4.78, 5) is 0. The molecular weight excluding hydrogens is 426 g/mol. The monoisotopic (exact) mass is 472 g/mol. The minimum Gasteiger partial charge on any atom is -0.205 e. The highest BCUT2D eigenvalue weighted by atomic mass is 35.5. The molecule has 0 fully saturated rings. The number of hydrogen-bond donors (Lipinski definition) is 0. The Morgan fingerprint density at radius 1 is 0.645 bits per heavy atom. The van der Waals surface area contributed by atoms with E-state index in [4.69, 9.17) is 23.2 Å². The van der Waals surface area contributed by atoms with Crippen LogP contribution in [0.1, 0.15) is 105 Å². The van der Waals surface area contributed by atoms with Crippen LogP contribution in [0.2, 0.25) is 10.0 Å². The summed E-state index contributed by atoms with van der Waals surface area (Å²) in [5, 5.41) is 0.455. The highest BCUT2D eigenvalue weighted by Crippen LogP contribution is 2.18. The van der Waals surface area contributed by atoms with Gasteiger partial charge in [-0.2, -0.15) is 0 Å². The number of rotatable bonds is 6. The van der Waals surface area contributed by atoms with Crippen molar-refractivity contribution in [2.75, 3.05) is 0 Å². The minimum absolute atomic E-state index is 0.0967. The first-order valence-electron chi connectivity index (χ1n) is 12.0. The molecule has 180 valence electrons. The molecule has 0 spiro atoms. The van der Waals surface area contributed by atoms with Crippen LogP contribution in [0.5, 0.6) is 0 Å². The van der Waals surface area contributed by atoms with E-state index in [0.29, 0.717) is 5.02 Å². The molecule has 0 aromatic heterocycles. The van der Waals surface area contributed by atoms with Crippen LogP contribution in [0.15, 0.2) is 48.5 Å². The van der Waals surface area contributed by atoms with Gasteiger partial charge in [0, 0.05) is 5.02 Å². The van der Waals surface area contributed by atoms with Crippen LogP contribution in [0.25, 0.3) is 0 Å². The highest BCUT2D eigenvalue weighted by Gasteiger charge is 1.96. The number of unbranched alkanes of at least 4 members (excludes halogenated alkanes) is 6. The molecule has 0 aliphatic rings. The molecule has 0 heterocycles. The zero-order valence-corrected chi connectivity index (χ0v) is 22.6. The maximum atomic E-state index is 12.4. The van der Waals surface area contributed by atoms with E-state index in [1.807, 2.05) is 18.2 Å². The molecule has 2 rings (SSSR count). The SMILES string of the molecule is CCC.CCCCCC.CCCCCC.Cc1ccccc1.Fc1cc(Cl)ccc1Cl. The molecule has 0 saturated heterocycles. The summed E-state index contributed by atoms with van der Waals surface area (Å²) < 4.78 is 12.4. The second-order valence-electron chi connectivity index (χ2n) is 7.33. The summed E-state index contributed by atoms with van der Waals surface area (Å²) in [6.45, 7) is 15.3. The summed E-state index contributed by atoms with van der Waals surface area (Å²) in [6, 6.07) is 14.4. The summed E-state index contributed by atoms with van der Waals surface area (Å²) in [5.74, 6) is -0.482. The molecule has 2 aromatic carbocycles. The molecule has 0 nitrogen and oxygen atoms in total. The molecule has 0 amide bonds. The van der Waals surface area contributed by atoms with Gasteiger partial charge in [0.1, 0.15) is 5.82 Å². The quantitative estimate of drug-likeness (QED) is 0.289. The molecule has 0 aliphatic heterocycles. The molecule has 0 atom stereocenters. The molecule has 3 heteroatoms. The van der Waals surface area contributed by atoms with E-state index in [1.165, 1.54) is 81.5 Å². The van der Waals surface area contributed by atoms with Crippen LogP contribution in [0.4, 0.5) is 4.39 Å². The summed E-state index contributed by atoms with van der Waals surface area (Å²) >= 11 is 10.8. The highest BCUT2D eigenvalue weighted by molar-refractivity contribution is 6.33. The first-order chi connectivity index (χ1) is 14.8. The van der Waals surface area contributed by atoms with E-state index in [-0.39, 0.29) is 5.02 Å². The molecule has 2 aromatic rings. The van der Waals surface area contributed by atoms with E-state index >= 15 is 0 Å². The molecule has 0 N–H and O–H groups in total. The Morgan fingerprint density at radius 3 is 1.26 bits per heavy atom. The molecule has 0 radical (unpaired) electrons. The maximum absolute atomic E-state index is 12.4. The van der Waals surface area contributed by atoms with Crippen molar-refractivity contribution < 1.29 is 4.39 Å². The Morgan fingerprint density at radius 2 is 1.03 bits per heavy atom. The lowest BCUT2D eigenvalue weighted by molar-refractivity contribution is 0.628. The minimum atomic E-state index is -0.482. The fourth-order valence-electron chi connectivity index (χ4n) is 2.00. The lowest BCUT2D eigenvalue weighted by Crippen LogP contribution is -1.73. The third-order valence-electron chi connectivity index (χ3n) is 3.74. The lowest BCUT2D eigenvalue weighted by atomic mass is 10.2. The molecule has 0 aliphatic carbocycles. The van der Waals surface area contributed by atoms with Gasteiger partial charge in [-0.05, 0) is 25.1 Å². The summed E-state index contributed by atoms with van der Waals surface area (Å²) in [7, 11) is 0. The fourth-order valence-corrected chi connectivity index (χ4v) is 2.28. The van der Waals surface area contributed by atoms with Crippen molar-refractivity contribution in [3.8, 4) is 0 Å². The van der Waals surface area contributed by atoms with Crippen LogP contribution in [0.3, 0.4) is 0 Å². The van der Waals surface area contributed by atoms with Gasteiger partial charge in [-0.1, -0.05) is 158 Å². The van der Waals surface area contributed by atoms with Gasteiger partial charge in [0.15, 0.2) is 0 Å². The van der Waals surface area contributed by atoms with Gasteiger partial charge in [-0.25, -0.2) is 4.39 Å². The van der Waals surface area contributed by atoms with Gasteiger partial charge < -0.3 is 0 Å².